The quantitative estimate of drug-likeness (QED) is 0.00758. The van der Waals surface area contributed by atoms with Gasteiger partial charge in [-0.3, -0.25) is 4.79 Å². The van der Waals surface area contributed by atoms with Crippen molar-refractivity contribution in [3.63, 3.8) is 0 Å². The molecular formula is C95H95ClN32O7. The number of anilines is 2. The molecular weight excluding hydrogens is 1740 g/mol. The van der Waals surface area contributed by atoms with E-state index < -0.39 is 17.9 Å². The maximum atomic E-state index is 12.9. The second kappa shape index (κ2) is 42.1. The number of hydrogen-bond acceptors (Lipinski definition) is 28. The van der Waals surface area contributed by atoms with Crippen molar-refractivity contribution in [3.8, 4) is 42.7 Å². The second-order valence-corrected chi connectivity index (χ2v) is 33.3. The maximum absolute atomic E-state index is 12.9. The fourth-order valence-corrected chi connectivity index (χ4v) is 16.2. The Balaban J connectivity index is 0.000000131. The molecule has 39 nitrogen and oxygen atoms in total. The minimum absolute atomic E-state index is 0. The summed E-state index contributed by atoms with van der Waals surface area (Å²) in [6.45, 7) is 5.32. The highest BCUT2D eigenvalue weighted by Crippen LogP contribution is 2.45. The van der Waals surface area contributed by atoms with Gasteiger partial charge in [0.1, 0.15) is 47.7 Å². The summed E-state index contributed by atoms with van der Waals surface area (Å²) in [4.78, 5) is 78.4. The summed E-state index contributed by atoms with van der Waals surface area (Å²) >= 11 is 5.75. The van der Waals surface area contributed by atoms with Crippen molar-refractivity contribution in [2.24, 2.45) is 10.8 Å². The normalized spacial score (nSPS) is 15.0. The van der Waals surface area contributed by atoms with Crippen LogP contribution in [0.2, 0.25) is 0 Å². The van der Waals surface area contributed by atoms with Gasteiger partial charge in [0.05, 0.1) is 120 Å². The maximum Gasteiger partial charge on any atom is 0.384 e. The predicted octanol–water partition coefficient (Wildman–Crippen LogP) is 14.1. The molecule has 2 atom stereocenters. The molecule has 7 N–H and O–H groups in total. The Labute approximate surface area is 779 Å². The third-order valence-corrected chi connectivity index (χ3v) is 23.6. The van der Waals surface area contributed by atoms with E-state index in [0.717, 1.165) is 77.9 Å². The van der Waals surface area contributed by atoms with Crippen LogP contribution in [0, 0.1) is 69.0 Å². The number of carbonyl (C=O) groups is 4. The number of aromatic nitrogens is 21. The van der Waals surface area contributed by atoms with Gasteiger partial charge >= 0.3 is 17.9 Å². The Morgan fingerprint density at radius 3 is 1.20 bits per heavy atom. The minimum Gasteiger partial charge on any atom is -0.476 e. The first-order valence-corrected chi connectivity index (χ1v) is 43.8. The van der Waals surface area contributed by atoms with E-state index in [0.29, 0.717) is 160 Å². The summed E-state index contributed by atoms with van der Waals surface area (Å²) in [6.07, 6.45) is 48.1. The number of pyridine rings is 7. The number of ketones is 1. The fraction of sp³-hybridized carbons (Fsp3) is 0.347. The van der Waals surface area contributed by atoms with Crippen molar-refractivity contribution in [2.45, 2.75) is 199 Å². The molecule has 0 saturated heterocycles. The third kappa shape index (κ3) is 22.5. The number of esters is 2. The van der Waals surface area contributed by atoms with E-state index in [1.165, 1.54) is 101 Å². The zero-order chi connectivity index (χ0) is 93.1. The Morgan fingerprint density at radius 2 is 0.844 bits per heavy atom. The highest BCUT2D eigenvalue weighted by Gasteiger charge is 2.33. The molecule has 7 aliphatic carbocycles. The molecule has 15 aromatic heterocycles. The van der Waals surface area contributed by atoms with Gasteiger partial charge in [-0.1, -0.05) is 35.6 Å². The van der Waals surface area contributed by atoms with Gasteiger partial charge in [0, 0.05) is 97.7 Å². The standard InChI is InChI=1S/C24H22N8O.C17H16N6O2.C15H12N6O2.C12H10ClN3.C12H10N6.C8H11N3.C5H6O2.2CH4/c25-9-16-7-17(14-1-2-14)10-31-11-18(28-24(16)31)12-32-13-21(29-30-32)22(33)8-15-3-4-20-19(15)5-6-27-23(20)26;1-2-25-17(24)15-10-23(21-20-15)9-14-8-22-7-13(11-3-4-11)5-12(6-18)16(22)19-14;16-4-10-3-11(9-1-2-9)5-20-6-12(17-14(10)20)7-21-8-13(15(22)23)18-19-21;13-4-11-7-16-6-10(8-1-2-8)3-9(5-14)12(16)15-11;13-4-9-3-10(8-1-2-8)6-18-7-11(5-15-17-14)16-12(9)18;9-7-2-1-6-5(7)3-4-11-8(6)10;1-3-5(6)7-4-2;;/h5-7,10-11,13-15H,1-4,8,12H2,(H2,26,27);5,7-8,10-11H,2-4,9H2,1H3;3,5-6,8-9H,1-2,7H2,(H,22,23);3,6-8H,1-2,4H2;3,6-8H,1-2,5H2;3-4,7H,1-2,9H2,(H2,10,11);1H,4H2,2H3;2*1H4. The number of ether oxygens (including phenoxy) is 2. The van der Waals surface area contributed by atoms with Crippen LogP contribution in [0.15, 0.2) is 141 Å². The molecule has 5 saturated carbocycles. The Kier molecular flexibility index (Phi) is 29.5. The van der Waals surface area contributed by atoms with Crippen LogP contribution in [0.3, 0.4) is 0 Å². The van der Waals surface area contributed by atoms with E-state index in [4.69, 9.17) is 54.7 Å². The summed E-state index contributed by atoms with van der Waals surface area (Å²) in [7, 11) is 0. The van der Waals surface area contributed by atoms with Crippen molar-refractivity contribution >= 4 is 75.2 Å². The van der Waals surface area contributed by atoms with E-state index in [1.807, 2.05) is 114 Å². The van der Waals surface area contributed by atoms with Crippen LogP contribution in [-0.2, 0) is 59.2 Å². The third-order valence-electron chi connectivity index (χ3n) is 23.3. The average molecular weight is 1830 g/mol. The first-order valence-electron chi connectivity index (χ1n) is 43.3. The lowest BCUT2D eigenvalue weighted by Gasteiger charge is -2.09. The first-order chi connectivity index (χ1) is 64.6. The Bertz CT molecular complexity index is 7320. The van der Waals surface area contributed by atoms with Gasteiger partial charge in [0.25, 0.3) is 0 Å². The number of carbonyl (C=O) groups excluding carboxylic acids is 3. The van der Waals surface area contributed by atoms with Crippen molar-refractivity contribution in [1.29, 1.82) is 26.3 Å². The number of rotatable bonds is 21. The number of nitrogen functional groups attached to an aromatic ring is 2. The summed E-state index contributed by atoms with van der Waals surface area (Å²) in [5.74, 6) is 4.16. The van der Waals surface area contributed by atoms with Crippen LogP contribution >= 0.6 is 11.6 Å². The minimum atomic E-state index is -1.12. The van der Waals surface area contributed by atoms with E-state index in [1.54, 1.807) is 43.0 Å². The van der Waals surface area contributed by atoms with Crippen LogP contribution in [0.1, 0.15) is 292 Å². The second-order valence-electron chi connectivity index (χ2n) is 33.0. The van der Waals surface area contributed by atoms with E-state index in [9.17, 15) is 35.0 Å². The van der Waals surface area contributed by atoms with Gasteiger partial charge in [0.15, 0.2) is 45.4 Å². The van der Waals surface area contributed by atoms with Gasteiger partial charge < -0.3 is 53.8 Å². The molecule has 0 spiro atoms. The number of nitrogens with two attached hydrogens (primary N) is 3. The van der Waals surface area contributed by atoms with Crippen molar-refractivity contribution in [3.05, 3.63) is 269 Å². The predicted molar refractivity (Wildman–Crippen MR) is 494 cm³/mol. The molecule has 5 fully saturated rings. The van der Waals surface area contributed by atoms with E-state index in [2.05, 4.69) is 130 Å². The number of hydrogen-bond donors (Lipinski definition) is 4. The van der Waals surface area contributed by atoms with Crippen LogP contribution in [0.5, 0.6) is 0 Å². The lowest BCUT2D eigenvalue weighted by atomic mass is 9.95. The van der Waals surface area contributed by atoms with Gasteiger partial charge in [0.2, 0.25) is 0 Å². The highest BCUT2D eigenvalue weighted by molar-refractivity contribution is 6.16. The van der Waals surface area contributed by atoms with E-state index >= 15 is 0 Å². The summed E-state index contributed by atoms with van der Waals surface area (Å²) in [5.41, 5.74) is 46.4. The van der Waals surface area contributed by atoms with Crippen LogP contribution < -0.4 is 17.2 Å². The molecule has 15 aromatic rings. The lowest BCUT2D eigenvalue weighted by Crippen LogP contribution is -2.06. The molecule has 0 aliphatic heterocycles. The number of halogens is 1. The van der Waals surface area contributed by atoms with Crippen molar-refractivity contribution < 1.29 is 33.8 Å². The van der Waals surface area contributed by atoms with Gasteiger partial charge in [-0.15, -0.1) is 33.3 Å². The Morgan fingerprint density at radius 1 is 0.496 bits per heavy atom. The number of imidazole rings is 5. The van der Waals surface area contributed by atoms with Crippen LogP contribution in [-0.4, -0.2) is 144 Å². The fourth-order valence-electron chi connectivity index (χ4n) is 16.1. The molecule has 135 heavy (non-hydrogen) atoms. The first kappa shape index (κ1) is 94.5. The zero-order valence-corrected chi connectivity index (χ0v) is 73.1. The van der Waals surface area contributed by atoms with E-state index in [-0.39, 0.29) is 50.5 Å². The Hall–Kier alpha value is -16.6. The number of azide groups is 1. The molecule has 7 aliphatic rings. The van der Waals surface area contributed by atoms with Gasteiger partial charge in [-0.05, 0) is 237 Å². The summed E-state index contributed by atoms with van der Waals surface area (Å²) in [6, 6.07) is 24.8. The zero-order valence-electron chi connectivity index (χ0n) is 72.4. The lowest BCUT2D eigenvalue weighted by molar-refractivity contribution is -0.136. The van der Waals surface area contributed by atoms with Crippen LogP contribution in [0.4, 0.5) is 11.6 Å². The summed E-state index contributed by atoms with van der Waals surface area (Å²) < 4.78 is 23.2. The number of terminal acetylenes is 1. The molecule has 0 aromatic carbocycles. The number of alkyl halides is 1. The SMILES string of the molecule is C.C.C#CC(=O)OCC.CCOC(=O)c1cn(Cc2cn3cc(C4CC4)cc(C#N)c3n2)nn1.N#Cc1cc(C2CC2)cn2cc(CCl)nc12.N#Cc1cc(C2CC2)cn2cc(CN=[N+]=[N-])nc12.N#Cc1cc(C2CC2)cn2cc(Cn3cc(C(=O)CC4CCc5c4ccnc5N)nn3)nc12.N#Cc1cc(C2CC2)cn2cc(Cn3cc(C(=O)O)nn3)nc12.Nc1nccc2c1CCC2N. The molecule has 2 unspecified atom stereocenters. The molecule has 0 radical (unpaired) electrons. The molecule has 40 heteroatoms. The molecule has 684 valence electrons. The molecule has 0 bridgehead atoms. The average Bonchev–Trinajstić information content (AvgIpc) is 1.64. The monoisotopic (exact) mass is 1830 g/mol. The highest BCUT2D eigenvalue weighted by atomic mass is 35.5. The molecule has 15 heterocycles. The molecule has 22 rings (SSSR count). The topological polar surface area (TPSA) is 557 Å². The number of Topliss-reactive ketones (excluding diaryl/α,β-unsaturated/α-hetero) is 1. The smallest absolute Gasteiger partial charge is 0.384 e. The number of carboxylic acid groups (broad SMARTS) is 1. The molecule has 0 amide bonds. The largest absolute Gasteiger partial charge is 0.476 e. The number of nitriles is 5. The van der Waals surface area contributed by atoms with Gasteiger partial charge in [-0.2, -0.15) is 26.3 Å². The summed E-state index contributed by atoms with van der Waals surface area (Å²) in [5, 5.41) is 82.2. The number of carboxylic acids is 1. The van der Waals surface area contributed by atoms with Crippen LogP contribution in [0.25, 0.3) is 38.7 Å². The number of fused-ring (bicyclic) bond motifs is 7. The van der Waals surface area contributed by atoms with Crippen molar-refractivity contribution in [1.82, 2.24) is 102 Å². The number of nitrogens with zero attached hydrogens (tertiary/aromatic N) is 29. The van der Waals surface area contributed by atoms with Crippen molar-refractivity contribution in [2.75, 3.05) is 24.7 Å². The van der Waals surface area contributed by atoms with Gasteiger partial charge in [-0.25, -0.2) is 63.3 Å². The number of aromatic carboxylic acids is 1.